The van der Waals surface area contributed by atoms with Gasteiger partial charge in [0, 0.05) is 35.1 Å². The van der Waals surface area contributed by atoms with Gasteiger partial charge >= 0.3 is 5.97 Å². The van der Waals surface area contributed by atoms with Gasteiger partial charge in [-0.3, -0.25) is 19.2 Å². The molecule has 6 nitrogen and oxygen atoms in total. The van der Waals surface area contributed by atoms with E-state index in [1.807, 2.05) is 66.7 Å². The molecule has 1 amide bonds. The molecular weight excluding hydrogens is 526 g/mol. The number of hydrogen-bond donors (Lipinski definition) is 2. The minimum Gasteiger partial charge on any atom is -0.481 e. The Balaban J connectivity index is 1.38. The molecule has 0 saturated heterocycles. The fourth-order valence-electron chi connectivity index (χ4n) is 4.91. The number of amides is 1. The van der Waals surface area contributed by atoms with Crippen molar-refractivity contribution in [1.29, 1.82) is 0 Å². The van der Waals surface area contributed by atoms with Gasteiger partial charge in [-0.1, -0.05) is 103 Å². The first-order valence-electron chi connectivity index (χ1n) is 13.9. The van der Waals surface area contributed by atoms with Crippen molar-refractivity contribution in [1.82, 2.24) is 5.32 Å². The van der Waals surface area contributed by atoms with E-state index in [-0.39, 0.29) is 36.4 Å². The first-order chi connectivity index (χ1) is 20.2. The van der Waals surface area contributed by atoms with Gasteiger partial charge in [0.15, 0.2) is 11.6 Å². The summed E-state index contributed by atoms with van der Waals surface area (Å²) in [5, 5.41) is 11.4. The summed E-state index contributed by atoms with van der Waals surface area (Å²) < 4.78 is 0. The number of Topliss-reactive ketones (excluding diaryl/α,β-unsaturated/α-hetero) is 2. The maximum absolute atomic E-state index is 13.9. The standard InChI is InChI=1S/C36H31NO5/c1-36(20-21-36)30-17-15-27(16-18-30)32(38)23-31(26-9-13-29(14-10-26)35(42)37-22-19-33(39)40)34(41)28-11-7-25(8-12-28)24-5-3-2-4-6-24/h2-18,20-21,31H,19,22-23H2,1H3,(H,37,42)(H,39,40). The Morgan fingerprint density at radius 3 is 1.88 bits per heavy atom. The van der Waals surface area contributed by atoms with Crippen LogP contribution >= 0.6 is 0 Å². The van der Waals surface area contributed by atoms with Gasteiger partial charge in [-0.15, -0.1) is 0 Å². The molecule has 4 aromatic carbocycles. The lowest BCUT2D eigenvalue weighted by Crippen LogP contribution is -2.26. The quantitative estimate of drug-likeness (QED) is 0.151. The molecule has 0 spiro atoms. The normalized spacial score (nSPS) is 13.6. The highest BCUT2D eigenvalue weighted by Gasteiger charge is 2.30. The number of carboxylic acids is 1. The molecular formula is C36H31NO5. The van der Waals surface area contributed by atoms with Crippen LogP contribution in [0.25, 0.3) is 11.1 Å². The molecule has 1 aliphatic rings. The van der Waals surface area contributed by atoms with E-state index in [9.17, 15) is 19.2 Å². The smallest absolute Gasteiger partial charge is 0.305 e. The fourth-order valence-corrected chi connectivity index (χ4v) is 4.91. The van der Waals surface area contributed by atoms with E-state index in [1.54, 1.807) is 36.4 Å². The minimum absolute atomic E-state index is 0.0124. The summed E-state index contributed by atoms with van der Waals surface area (Å²) in [6.45, 7) is 2.12. The highest BCUT2D eigenvalue weighted by Crippen LogP contribution is 2.38. The van der Waals surface area contributed by atoms with Crippen LogP contribution in [-0.2, 0) is 10.2 Å². The Morgan fingerprint density at radius 1 is 0.714 bits per heavy atom. The van der Waals surface area contributed by atoms with Crippen LogP contribution in [0.2, 0.25) is 0 Å². The van der Waals surface area contributed by atoms with Gasteiger partial charge < -0.3 is 10.4 Å². The van der Waals surface area contributed by atoms with E-state index < -0.39 is 17.8 Å². The van der Waals surface area contributed by atoms with Gasteiger partial charge in [-0.05, 0) is 41.3 Å². The Hall–Kier alpha value is -5.10. The summed E-state index contributed by atoms with van der Waals surface area (Å²) in [6.07, 6.45) is 4.01. The summed E-state index contributed by atoms with van der Waals surface area (Å²) >= 11 is 0. The summed E-state index contributed by atoms with van der Waals surface area (Å²) in [5.41, 5.74) is 5.08. The van der Waals surface area contributed by atoms with Crippen LogP contribution in [0.15, 0.2) is 115 Å². The second kappa shape index (κ2) is 12.2. The summed E-state index contributed by atoms with van der Waals surface area (Å²) in [4.78, 5) is 50.5. The number of hydrogen-bond acceptors (Lipinski definition) is 4. The molecule has 4 aromatic rings. The Bertz CT molecular complexity index is 1630. The molecule has 0 aromatic heterocycles. The monoisotopic (exact) mass is 557 g/mol. The maximum atomic E-state index is 13.9. The van der Waals surface area contributed by atoms with Crippen LogP contribution < -0.4 is 5.32 Å². The van der Waals surface area contributed by atoms with Crippen molar-refractivity contribution in [2.75, 3.05) is 6.54 Å². The van der Waals surface area contributed by atoms with Crippen molar-refractivity contribution in [2.45, 2.75) is 31.1 Å². The molecule has 0 saturated carbocycles. The molecule has 0 radical (unpaired) electrons. The summed E-state index contributed by atoms with van der Waals surface area (Å²) in [5.74, 6) is -2.50. The van der Waals surface area contributed by atoms with Crippen molar-refractivity contribution < 1.29 is 24.3 Å². The molecule has 210 valence electrons. The van der Waals surface area contributed by atoms with Crippen molar-refractivity contribution >= 4 is 23.4 Å². The number of benzene rings is 4. The molecule has 0 fully saturated rings. The first-order valence-corrected chi connectivity index (χ1v) is 13.9. The minimum atomic E-state index is -0.999. The van der Waals surface area contributed by atoms with Crippen LogP contribution in [0.1, 0.15) is 67.9 Å². The zero-order chi connectivity index (χ0) is 29.7. The summed E-state index contributed by atoms with van der Waals surface area (Å²) in [7, 11) is 0. The first kappa shape index (κ1) is 28.4. The number of rotatable bonds is 12. The molecule has 6 heteroatoms. The van der Waals surface area contributed by atoms with Gasteiger partial charge in [0.05, 0.1) is 12.3 Å². The lowest BCUT2D eigenvalue weighted by Gasteiger charge is -2.17. The second-order valence-corrected chi connectivity index (χ2v) is 10.7. The van der Waals surface area contributed by atoms with E-state index in [1.165, 1.54) is 0 Å². The van der Waals surface area contributed by atoms with Gasteiger partial charge in [-0.2, -0.15) is 0 Å². The zero-order valence-electron chi connectivity index (χ0n) is 23.2. The Kier molecular flexibility index (Phi) is 8.25. The highest BCUT2D eigenvalue weighted by molar-refractivity contribution is 6.06. The topological polar surface area (TPSA) is 101 Å². The fraction of sp³-hybridized carbons (Fsp3) is 0.167. The molecule has 1 unspecified atom stereocenters. The van der Waals surface area contributed by atoms with Gasteiger partial charge in [0.25, 0.3) is 5.91 Å². The third-order valence-corrected chi connectivity index (χ3v) is 7.68. The Labute approximate surface area is 244 Å². The van der Waals surface area contributed by atoms with E-state index in [0.717, 1.165) is 16.7 Å². The van der Waals surface area contributed by atoms with Crippen molar-refractivity contribution in [3.05, 3.63) is 143 Å². The molecule has 0 aliphatic heterocycles. The van der Waals surface area contributed by atoms with Crippen LogP contribution in [0.4, 0.5) is 0 Å². The van der Waals surface area contributed by atoms with Crippen LogP contribution in [0.3, 0.4) is 0 Å². The van der Waals surface area contributed by atoms with Gasteiger partial charge in [0.1, 0.15) is 0 Å². The zero-order valence-corrected chi connectivity index (χ0v) is 23.2. The number of carbonyl (C=O) groups excluding carboxylic acids is 3. The molecule has 2 N–H and O–H groups in total. The average molecular weight is 558 g/mol. The number of nitrogens with one attached hydrogen (secondary N) is 1. The maximum Gasteiger partial charge on any atom is 0.305 e. The van der Waals surface area contributed by atoms with E-state index in [0.29, 0.717) is 22.3 Å². The predicted octanol–water partition coefficient (Wildman–Crippen LogP) is 6.63. The third kappa shape index (κ3) is 6.61. The van der Waals surface area contributed by atoms with Crippen molar-refractivity contribution in [3.8, 4) is 11.1 Å². The molecule has 0 heterocycles. The van der Waals surface area contributed by atoms with Gasteiger partial charge in [-0.25, -0.2) is 0 Å². The summed E-state index contributed by atoms with van der Waals surface area (Å²) in [6, 6.07) is 31.3. The van der Waals surface area contributed by atoms with Crippen LogP contribution in [0.5, 0.6) is 0 Å². The molecule has 5 rings (SSSR count). The van der Waals surface area contributed by atoms with Crippen LogP contribution in [-0.4, -0.2) is 35.1 Å². The van der Waals surface area contributed by atoms with E-state index in [2.05, 4.69) is 24.4 Å². The van der Waals surface area contributed by atoms with Crippen LogP contribution in [0, 0.1) is 0 Å². The predicted molar refractivity (Wildman–Crippen MR) is 162 cm³/mol. The number of carbonyl (C=O) groups is 4. The average Bonchev–Trinajstić information content (AvgIpc) is 3.78. The number of allylic oxidation sites excluding steroid dienone is 2. The Morgan fingerprint density at radius 2 is 1.29 bits per heavy atom. The van der Waals surface area contributed by atoms with Gasteiger partial charge in [0.2, 0.25) is 0 Å². The lowest BCUT2D eigenvalue weighted by molar-refractivity contribution is -0.136. The second-order valence-electron chi connectivity index (χ2n) is 10.7. The van der Waals surface area contributed by atoms with Crippen molar-refractivity contribution in [2.24, 2.45) is 0 Å². The SMILES string of the molecule is CC1(c2ccc(C(=O)CC(C(=O)c3ccc(-c4ccccc4)cc3)c3ccc(C(=O)NCCC(=O)O)cc3)cc2)C=C1. The molecule has 42 heavy (non-hydrogen) atoms. The van der Waals surface area contributed by atoms with Crippen molar-refractivity contribution in [3.63, 3.8) is 0 Å². The lowest BCUT2D eigenvalue weighted by atomic mass is 9.84. The number of carboxylic acid groups (broad SMARTS) is 1. The highest BCUT2D eigenvalue weighted by atomic mass is 16.4. The van der Waals surface area contributed by atoms with E-state index in [4.69, 9.17) is 5.11 Å². The number of ketones is 2. The van der Waals surface area contributed by atoms with E-state index >= 15 is 0 Å². The molecule has 1 aliphatic carbocycles. The molecule has 0 bridgehead atoms. The largest absolute Gasteiger partial charge is 0.481 e. The molecule has 1 atom stereocenters. The number of aliphatic carboxylic acids is 1. The third-order valence-electron chi connectivity index (χ3n) is 7.68.